The topological polar surface area (TPSA) is 35.2 Å². The van der Waals surface area contributed by atoms with E-state index in [1.165, 1.54) is 11.6 Å². The highest BCUT2D eigenvalue weighted by molar-refractivity contribution is 7.71. The van der Waals surface area contributed by atoms with Gasteiger partial charge in [0.2, 0.25) is 0 Å². The Balaban J connectivity index is 1.87. The highest BCUT2D eigenvalue weighted by atomic mass is 32.1. The molecule has 0 saturated heterocycles. The van der Waals surface area contributed by atoms with E-state index in [0.717, 1.165) is 17.0 Å². The van der Waals surface area contributed by atoms with E-state index in [9.17, 15) is 4.39 Å². The number of benzene rings is 2. The molecule has 0 radical (unpaired) electrons. The number of aromatic nitrogens is 3. The fourth-order valence-corrected chi connectivity index (χ4v) is 3.42. The number of nitrogens with zero attached hydrogens (tertiary/aromatic N) is 4. The monoisotopic (exact) mass is 400 g/mol. The first-order chi connectivity index (χ1) is 13.5. The Kier molecular flexibility index (Phi) is 6.72. The highest BCUT2D eigenvalue weighted by Crippen LogP contribution is 2.20. The van der Waals surface area contributed by atoms with Crippen molar-refractivity contribution in [3.05, 3.63) is 70.2 Å². The van der Waals surface area contributed by atoms with Gasteiger partial charge in [0.15, 0.2) is 10.6 Å². The summed E-state index contributed by atoms with van der Waals surface area (Å²) in [5.41, 5.74) is 3.10. The largest absolute Gasteiger partial charge is 0.383 e. The SMILES string of the molecule is COCCn1c(-c2cccc(C)c2)nn(CN(C)Cc2cccc(F)c2)c1=S. The van der Waals surface area contributed by atoms with Crippen LogP contribution in [-0.4, -0.2) is 40.0 Å². The van der Waals surface area contributed by atoms with E-state index in [0.29, 0.717) is 31.1 Å². The number of methoxy groups -OCH3 is 1. The van der Waals surface area contributed by atoms with Crippen LogP contribution in [0.1, 0.15) is 11.1 Å². The zero-order chi connectivity index (χ0) is 20.1. The second-order valence-electron chi connectivity index (χ2n) is 6.91. The molecular weight excluding hydrogens is 375 g/mol. The third-order valence-electron chi connectivity index (χ3n) is 4.43. The van der Waals surface area contributed by atoms with Crippen LogP contribution in [-0.2, 0) is 24.5 Å². The molecule has 0 spiro atoms. The minimum absolute atomic E-state index is 0.229. The molecule has 0 unspecified atom stereocenters. The van der Waals surface area contributed by atoms with Crippen molar-refractivity contribution in [2.75, 3.05) is 20.8 Å². The van der Waals surface area contributed by atoms with Crippen molar-refractivity contribution >= 4 is 12.2 Å². The van der Waals surface area contributed by atoms with Crippen molar-refractivity contribution < 1.29 is 9.13 Å². The fraction of sp³-hybridized carbons (Fsp3) is 0.333. The van der Waals surface area contributed by atoms with Crippen molar-refractivity contribution in [1.29, 1.82) is 0 Å². The zero-order valence-corrected chi connectivity index (χ0v) is 17.2. The van der Waals surface area contributed by atoms with Gasteiger partial charge in [-0.25, -0.2) is 9.07 Å². The van der Waals surface area contributed by atoms with Crippen LogP contribution in [0.3, 0.4) is 0 Å². The summed E-state index contributed by atoms with van der Waals surface area (Å²) in [6.07, 6.45) is 0. The predicted molar refractivity (Wildman–Crippen MR) is 111 cm³/mol. The number of halogens is 1. The minimum Gasteiger partial charge on any atom is -0.383 e. The third kappa shape index (κ3) is 4.92. The molecule has 2 aromatic carbocycles. The van der Waals surface area contributed by atoms with Gasteiger partial charge in [-0.05, 0) is 50.0 Å². The lowest BCUT2D eigenvalue weighted by atomic mass is 10.1. The van der Waals surface area contributed by atoms with Crippen molar-refractivity contribution in [3.8, 4) is 11.4 Å². The van der Waals surface area contributed by atoms with Crippen LogP contribution in [0.25, 0.3) is 11.4 Å². The molecular formula is C21H25FN4OS. The van der Waals surface area contributed by atoms with Crippen molar-refractivity contribution in [2.45, 2.75) is 26.7 Å². The van der Waals surface area contributed by atoms with Crippen LogP contribution < -0.4 is 0 Å². The third-order valence-corrected chi connectivity index (χ3v) is 4.87. The summed E-state index contributed by atoms with van der Waals surface area (Å²) in [5, 5.41) is 4.78. The maximum atomic E-state index is 13.4. The second kappa shape index (κ2) is 9.23. The smallest absolute Gasteiger partial charge is 0.199 e. The maximum absolute atomic E-state index is 13.4. The first-order valence-corrected chi connectivity index (χ1v) is 9.55. The number of ether oxygens (including phenoxy) is 1. The molecule has 0 fully saturated rings. The van der Waals surface area contributed by atoms with Gasteiger partial charge in [-0.3, -0.25) is 9.47 Å². The van der Waals surface area contributed by atoms with E-state index < -0.39 is 0 Å². The van der Waals surface area contributed by atoms with Crippen molar-refractivity contribution in [1.82, 2.24) is 19.2 Å². The summed E-state index contributed by atoms with van der Waals surface area (Å²) in [4.78, 5) is 2.05. The van der Waals surface area contributed by atoms with E-state index in [2.05, 4.69) is 24.0 Å². The summed E-state index contributed by atoms with van der Waals surface area (Å²) < 4.78 is 23.1. The van der Waals surface area contributed by atoms with E-state index in [4.69, 9.17) is 22.1 Å². The van der Waals surface area contributed by atoms with E-state index >= 15 is 0 Å². The van der Waals surface area contributed by atoms with Crippen molar-refractivity contribution in [2.24, 2.45) is 0 Å². The van der Waals surface area contributed by atoms with Gasteiger partial charge in [0, 0.05) is 19.2 Å². The predicted octanol–water partition coefficient (Wildman–Crippen LogP) is 4.26. The average Bonchev–Trinajstić information content (AvgIpc) is 2.95. The lowest BCUT2D eigenvalue weighted by molar-refractivity contribution is 0.186. The molecule has 0 amide bonds. The normalized spacial score (nSPS) is 11.3. The molecule has 1 heterocycles. The molecule has 0 saturated carbocycles. The van der Waals surface area contributed by atoms with Crippen LogP contribution in [0, 0.1) is 17.5 Å². The molecule has 1 aromatic heterocycles. The summed E-state index contributed by atoms with van der Waals surface area (Å²) in [6.45, 7) is 4.35. The van der Waals surface area contributed by atoms with Gasteiger partial charge in [0.1, 0.15) is 5.82 Å². The van der Waals surface area contributed by atoms with Gasteiger partial charge in [0.25, 0.3) is 0 Å². The number of aryl methyl sites for hydroxylation is 1. The summed E-state index contributed by atoms with van der Waals surface area (Å²) in [6, 6.07) is 14.8. The van der Waals surface area contributed by atoms with Gasteiger partial charge >= 0.3 is 0 Å². The molecule has 148 valence electrons. The molecule has 3 rings (SSSR count). The Morgan fingerprint density at radius 2 is 1.96 bits per heavy atom. The number of hydrogen-bond acceptors (Lipinski definition) is 4. The molecule has 0 bridgehead atoms. The Morgan fingerprint density at radius 1 is 1.18 bits per heavy atom. The quantitative estimate of drug-likeness (QED) is 0.529. The first-order valence-electron chi connectivity index (χ1n) is 9.14. The molecule has 0 aliphatic heterocycles. The summed E-state index contributed by atoms with van der Waals surface area (Å²) >= 11 is 5.68. The molecule has 7 heteroatoms. The van der Waals surface area contributed by atoms with E-state index in [1.807, 2.05) is 34.5 Å². The minimum atomic E-state index is -0.229. The van der Waals surface area contributed by atoms with Gasteiger partial charge in [-0.15, -0.1) is 0 Å². The lowest BCUT2D eigenvalue weighted by Crippen LogP contribution is -2.22. The van der Waals surface area contributed by atoms with Crippen LogP contribution in [0.15, 0.2) is 48.5 Å². The van der Waals surface area contributed by atoms with Crippen LogP contribution in [0.5, 0.6) is 0 Å². The molecule has 28 heavy (non-hydrogen) atoms. The van der Waals surface area contributed by atoms with Crippen LogP contribution in [0.2, 0.25) is 0 Å². The average molecular weight is 401 g/mol. The second-order valence-corrected chi connectivity index (χ2v) is 7.27. The van der Waals surface area contributed by atoms with E-state index in [-0.39, 0.29) is 5.82 Å². The van der Waals surface area contributed by atoms with Gasteiger partial charge in [0.05, 0.1) is 19.8 Å². The molecule has 5 nitrogen and oxygen atoms in total. The standard InChI is InChI=1S/C21H25FN4OS/c1-16-6-4-8-18(12-16)20-23-26(21(28)25(20)10-11-27-3)15-24(2)14-17-7-5-9-19(22)13-17/h4-9,12-13H,10-11,14-15H2,1-3H3. The summed E-state index contributed by atoms with van der Waals surface area (Å²) in [5.74, 6) is 0.595. The molecule has 3 aromatic rings. The number of rotatable bonds is 8. The molecule has 0 aliphatic carbocycles. The highest BCUT2D eigenvalue weighted by Gasteiger charge is 2.14. The van der Waals surface area contributed by atoms with Crippen LogP contribution >= 0.6 is 12.2 Å². The zero-order valence-electron chi connectivity index (χ0n) is 16.4. The Labute approximate surface area is 170 Å². The van der Waals surface area contributed by atoms with Crippen molar-refractivity contribution in [3.63, 3.8) is 0 Å². The summed E-state index contributed by atoms with van der Waals surface area (Å²) in [7, 11) is 3.64. The Hall–Kier alpha value is -2.35. The van der Waals surface area contributed by atoms with Crippen LogP contribution in [0.4, 0.5) is 4.39 Å². The first kappa shape index (κ1) is 20.4. The van der Waals surface area contributed by atoms with Gasteiger partial charge < -0.3 is 4.74 Å². The van der Waals surface area contributed by atoms with E-state index in [1.54, 1.807) is 19.2 Å². The molecule has 0 atom stereocenters. The number of hydrogen-bond donors (Lipinski definition) is 0. The maximum Gasteiger partial charge on any atom is 0.199 e. The fourth-order valence-electron chi connectivity index (χ4n) is 3.14. The Bertz CT molecular complexity index is 998. The molecule has 0 N–H and O–H groups in total. The van der Waals surface area contributed by atoms with Gasteiger partial charge in [-0.1, -0.05) is 35.9 Å². The van der Waals surface area contributed by atoms with Gasteiger partial charge in [-0.2, -0.15) is 5.10 Å². The lowest BCUT2D eigenvalue weighted by Gasteiger charge is -2.16. The molecule has 0 aliphatic rings. The Morgan fingerprint density at radius 3 is 2.68 bits per heavy atom.